The van der Waals surface area contributed by atoms with E-state index in [0.29, 0.717) is 5.52 Å². The average Bonchev–Trinajstić information content (AvgIpc) is 2.62. The van der Waals surface area contributed by atoms with Crippen LogP contribution in [0.5, 0.6) is 0 Å². The van der Waals surface area contributed by atoms with Gasteiger partial charge in [0.15, 0.2) is 5.82 Å². The van der Waals surface area contributed by atoms with Gasteiger partial charge in [0.1, 0.15) is 5.52 Å². The molecule has 1 aromatic carbocycles. The Morgan fingerprint density at radius 2 is 2.36 bits per heavy atom. The van der Waals surface area contributed by atoms with E-state index in [9.17, 15) is 9.18 Å². The third kappa shape index (κ3) is 1.22. The van der Waals surface area contributed by atoms with Crippen molar-refractivity contribution in [1.29, 1.82) is 0 Å². The Morgan fingerprint density at radius 1 is 1.57 bits per heavy atom. The van der Waals surface area contributed by atoms with E-state index in [1.54, 1.807) is 6.07 Å². The van der Waals surface area contributed by atoms with Crippen molar-refractivity contribution >= 4 is 17.0 Å². The Balaban J connectivity index is 2.62. The van der Waals surface area contributed by atoms with Crippen LogP contribution in [0, 0.1) is 5.82 Å². The summed E-state index contributed by atoms with van der Waals surface area (Å²) in [4.78, 5) is 17.5. The van der Waals surface area contributed by atoms with Crippen LogP contribution in [0.1, 0.15) is 10.6 Å². The topological polar surface area (TPSA) is 55.0 Å². The Kier molecular flexibility index (Phi) is 1.92. The van der Waals surface area contributed by atoms with Crippen molar-refractivity contribution in [2.45, 2.75) is 0 Å². The quantitative estimate of drug-likeness (QED) is 0.699. The maximum absolute atomic E-state index is 13.1. The average molecular weight is 194 g/mol. The normalized spacial score (nSPS) is 10.4. The minimum atomic E-state index is -0.611. The second-order valence-electron chi connectivity index (χ2n) is 2.71. The number of rotatable bonds is 1. The number of carbonyl (C=O) groups is 1. The molecule has 1 aromatic heterocycles. The first-order valence-corrected chi connectivity index (χ1v) is 3.95. The van der Waals surface area contributed by atoms with Gasteiger partial charge in [-0.2, -0.15) is 0 Å². The smallest absolute Gasteiger partial charge is 0.374 e. The van der Waals surface area contributed by atoms with Gasteiger partial charge in [-0.3, -0.25) is 0 Å². The molecule has 0 fully saturated rings. The molecule has 0 bridgehead atoms. The summed E-state index contributed by atoms with van der Waals surface area (Å²) in [6.07, 6.45) is 0. The van der Waals surface area contributed by atoms with Crippen LogP contribution < -0.4 is 0 Å². The Hall–Kier alpha value is -1.91. The van der Waals surface area contributed by atoms with Gasteiger partial charge in [-0.05, 0) is 12.1 Å². The second-order valence-corrected chi connectivity index (χ2v) is 2.71. The van der Waals surface area contributed by atoms with Gasteiger partial charge in [-0.1, -0.05) is 6.07 Å². The molecular formula is C9H7FN2O2. The number of hydrogen-bond donors (Lipinski definition) is 1. The zero-order chi connectivity index (χ0) is 10.1. The fraction of sp³-hybridized carbons (Fsp3) is 0.111. The van der Waals surface area contributed by atoms with Gasteiger partial charge in [0.05, 0.1) is 12.6 Å². The van der Waals surface area contributed by atoms with Gasteiger partial charge in [0.2, 0.25) is 5.82 Å². The lowest BCUT2D eigenvalue weighted by atomic mass is 10.3. The van der Waals surface area contributed by atoms with Crippen molar-refractivity contribution < 1.29 is 13.9 Å². The molecule has 2 aromatic rings. The molecule has 1 heterocycles. The lowest BCUT2D eigenvalue weighted by molar-refractivity contribution is 0.0588. The molecule has 0 unspecified atom stereocenters. The van der Waals surface area contributed by atoms with Crippen molar-refractivity contribution in [1.82, 2.24) is 9.97 Å². The number of fused-ring (bicyclic) bond motifs is 1. The minimum absolute atomic E-state index is 0.00704. The maximum atomic E-state index is 13.1. The van der Waals surface area contributed by atoms with Gasteiger partial charge in [0.25, 0.3) is 0 Å². The summed E-state index contributed by atoms with van der Waals surface area (Å²) in [6.45, 7) is 0. The molecule has 0 aliphatic heterocycles. The van der Waals surface area contributed by atoms with Crippen molar-refractivity contribution in [2.24, 2.45) is 0 Å². The fourth-order valence-electron chi connectivity index (χ4n) is 1.19. The van der Waals surface area contributed by atoms with E-state index < -0.39 is 11.8 Å². The number of esters is 1. The molecule has 0 amide bonds. The maximum Gasteiger partial charge on any atom is 0.374 e. The number of hydrogen-bond acceptors (Lipinski definition) is 3. The predicted molar refractivity (Wildman–Crippen MR) is 47.4 cm³/mol. The van der Waals surface area contributed by atoms with Crippen LogP contribution in [-0.4, -0.2) is 23.0 Å². The van der Waals surface area contributed by atoms with Crippen molar-refractivity contribution in [2.75, 3.05) is 7.11 Å². The number of nitrogens with zero attached hydrogens (tertiary/aromatic N) is 1. The number of benzene rings is 1. The molecule has 0 saturated heterocycles. The van der Waals surface area contributed by atoms with Crippen LogP contribution in [0.3, 0.4) is 0 Å². The van der Waals surface area contributed by atoms with Crippen LogP contribution in [0.25, 0.3) is 11.0 Å². The van der Waals surface area contributed by atoms with Crippen LogP contribution in [0.15, 0.2) is 18.2 Å². The van der Waals surface area contributed by atoms with E-state index in [-0.39, 0.29) is 11.3 Å². The SMILES string of the molecule is COC(=O)c1nc2c(F)cccc2[nH]1. The second kappa shape index (κ2) is 3.10. The minimum Gasteiger partial charge on any atom is -0.463 e. The summed E-state index contributed by atoms with van der Waals surface area (Å²) in [5.74, 6) is -1.07. The van der Waals surface area contributed by atoms with Gasteiger partial charge in [-0.25, -0.2) is 14.2 Å². The van der Waals surface area contributed by atoms with E-state index in [0.717, 1.165) is 0 Å². The number of para-hydroxylation sites is 1. The van der Waals surface area contributed by atoms with Crippen molar-refractivity contribution in [3.05, 3.63) is 29.8 Å². The summed E-state index contributed by atoms with van der Waals surface area (Å²) in [7, 11) is 1.24. The first-order chi connectivity index (χ1) is 6.72. The van der Waals surface area contributed by atoms with Gasteiger partial charge in [0, 0.05) is 0 Å². The van der Waals surface area contributed by atoms with Crippen molar-refractivity contribution in [3.63, 3.8) is 0 Å². The molecule has 0 aliphatic rings. The van der Waals surface area contributed by atoms with E-state index in [1.807, 2.05) is 0 Å². The summed E-state index contributed by atoms with van der Waals surface area (Å²) >= 11 is 0. The summed E-state index contributed by atoms with van der Waals surface area (Å²) in [5, 5.41) is 0. The van der Waals surface area contributed by atoms with Crippen LogP contribution >= 0.6 is 0 Å². The summed E-state index contributed by atoms with van der Waals surface area (Å²) < 4.78 is 17.6. The Labute approximate surface area is 78.7 Å². The number of halogens is 1. The molecule has 1 N–H and O–H groups in total. The number of nitrogens with one attached hydrogen (secondary N) is 1. The molecule has 0 radical (unpaired) electrons. The summed E-state index contributed by atoms with van der Waals surface area (Å²) in [6, 6.07) is 4.46. The Bertz CT molecular complexity index is 493. The number of aromatic nitrogens is 2. The van der Waals surface area contributed by atoms with E-state index in [2.05, 4.69) is 14.7 Å². The number of imidazole rings is 1. The van der Waals surface area contributed by atoms with Gasteiger partial charge < -0.3 is 9.72 Å². The predicted octanol–water partition coefficient (Wildman–Crippen LogP) is 1.49. The standard InChI is InChI=1S/C9H7FN2O2/c1-14-9(13)8-11-6-4-2-3-5(10)7(6)12-8/h2-4H,1H3,(H,11,12). The molecule has 5 heteroatoms. The number of aromatic amines is 1. The molecule has 0 saturated carbocycles. The lowest BCUT2D eigenvalue weighted by Crippen LogP contribution is -2.02. The highest BCUT2D eigenvalue weighted by atomic mass is 19.1. The van der Waals surface area contributed by atoms with E-state index in [1.165, 1.54) is 19.2 Å². The molecule has 2 rings (SSSR count). The molecule has 0 aliphatic carbocycles. The molecule has 0 atom stereocenters. The number of H-pyrrole nitrogens is 1. The van der Waals surface area contributed by atoms with Gasteiger partial charge >= 0.3 is 5.97 Å². The number of carbonyl (C=O) groups excluding carboxylic acids is 1. The largest absolute Gasteiger partial charge is 0.463 e. The highest BCUT2D eigenvalue weighted by molar-refractivity contribution is 5.90. The first-order valence-electron chi connectivity index (χ1n) is 3.95. The monoisotopic (exact) mass is 194 g/mol. The zero-order valence-electron chi connectivity index (χ0n) is 7.37. The van der Waals surface area contributed by atoms with Crippen LogP contribution in [0.4, 0.5) is 4.39 Å². The molecule has 72 valence electrons. The van der Waals surface area contributed by atoms with E-state index in [4.69, 9.17) is 0 Å². The van der Waals surface area contributed by atoms with Crippen LogP contribution in [0.2, 0.25) is 0 Å². The lowest BCUT2D eigenvalue weighted by Gasteiger charge is -1.90. The fourth-order valence-corrected chi connectivity index (χ4v) is 1.19. The highest BCUT2D eigenvalue weighted by Crippen LogP contribution is 2.14. The molecule has 14 heavy (non-hydrogen) atoms. The zero-order valence-corrected chi connectivity index (χ0v) is 7.37. The van der Waals surface area contributed by atoms with Gasteiger partial charge in [-0.15, -0.1) is 0 Å². The number of ether oxygens (including phenoxy) is 1. The molecule has 0 spiro atoms. The highest BCUT2D eigenvalue weighted by Gasteiger charge is 2.12. The van der Waals surface area contributed by atoms with E-state index >= 15 is 0 Å². The van der Waals surface area contributed by atoms with Crippen LogP contribution in [-0.2, 0) is 4.74 Å². The molecule has 4 nitrogen and oxygen atoms in total. The number of methoxy groups -OCH3 is 1. The Morgan fingerprint density at radius 3 is 3.00 bits per heavy atom. The third-order valence-electron chi connectivity index (χ3n) is 1.84. The molecular weight excluding hydrogens is 187 g/mol. The van der Waals surface area contributed by atoms with Crippen molar-refractivity contribution in [3.8, 4) is 0 Å². The first kappa shape index (κ1) is 8.68. The third-order valence-corrected chi connectivity index (χ3v) is 1.84. The summed E-state index contributed by atoms with van der Waals surface area (Å²) in [5.41, 5.74) is 0.623.